The van der Waals surface area contributed by atoms with Crippen molar-refractivity contribution in [2.24, 2.45) is 0 Å². The Morgan fingerprint density at radius 2 is 1.53 bits per heavy atom. The van der Waals surface area contributed by atoms with E-state index in [2.05, 4.69) is 10.0 Å². The van der Waals surface area contributed by atoms with E-state index in [0.29, 0.717) is 5.56 Å². The highest BCUT2D eigenvalue weighted by Crippen LogP contribution is 2.34. The van der Waals surface area contributed by atoms with Gasteiger partial charge in [0, 0.05) is 12.1 Å². The summed E-state index contributed by atoms with van der Waals surface area (Å²) in [7, 11) is -0.250. The first-order valence-corrected chi connectivity index (χ1v) is 12.1. The van der Waals surface area contributed by atoms with Gasteiger partial charge in [-0.05, 0) is 36.2 Å². The molecule has 0 aromatic heterocycles. The fourth-order valence-corrected chi connectivity index (χ4v) is 4.58. The Balaban J connectivity index is 1.98. The predicted octanol–water partition coefficient (Wildman–Crippen LogP) is 3.16. The maximum absolute atomic E-state index is 13.4. The average Bonchev–Trinajstić information content (AvgIpc) is 2.88. The number of ether oxygens (including phenoxy) is 3. The molecule has 0 unspecified atom stereocenters. The molecule has 3 aromatic rings. The second-order valence-electron chi connectivity index (χ2n) is 7.55. The SMILES string of the molecule is COC(=O)c1cc(OC)c(OC)cc1NC(=O)[C@H](Cc1ccccc1)NS(=O)(=O)c1ccc(F)cc1. The molecule has 0 aliphatic carbocycles. The zero-order chi connectivity index (χ0) is 26.3. The molecule has 0 saturated heterocycles. The lowest BCUT2D eigenvalue weighted by molar-refractivity contribution is -0.117. The largest absolute Gasteiger partial charge is 0.493 e. The summed E-state index contributed by atoms with van der Waals surface area (Å²) in [5.41, 5.74) is 0.687. The van der Waals surface area contributed by atoms with Gasteiger partial charge in [0.05, 0.1) is 37.5 Å². The van der Waals surface area contributed by atoms with Gasteiger partial charge >= 0.3 is 5.97 Å². The van der Waals surface area contributed by atoms with Crippen molar-refractivity contribution in [3.63, 3.8) is 0 Å². The standard InChI is InChI=1S/C25H25FN2O7S/c1-33-22-14-19(25(30)35-3)20(15-23(22)34-2)27-24(29)21(13-16-7-5-4-6-8-16)28-36(31,32)18-11-9-17(26)10-12-18/h4-12,14-15,21,28H,13H2,1-3H3,(H,27,29)/t21-/m0/s1. The van der Waals surface area contributed by atoms with Crippen molar-refractivity contribution in [1.82, 2.24) is 4.72 Å². The van der Waals surface area contributed by atoms with Gasteiger partial charge in [0.1, 0.15) is 11.9 Å². The minimum Gasteiger partial charge on any atom is -0.493 e. The van der Waals surface area contributed by atoms with Gasteiger partial charge in [0.25, 0.3) is 0 Å². The van der Waals surface area contributed by atoms with Crippen LogP contribution >= 0.6 is 0 Å². The van der Waals surface area contributed by atoms with Crippen LogP contribution in [0.2, 0.25) is 0 Å². The van der Waals surface area contributed by atoms with E-state index in [1.54, 1.807) is 30.3 Å². The van der Waals surface area contributed by atoms with Crippen molar-refractivity contribution in [1.29, 1.82) is 0 Å². The Bertz CT molecular complexity index is 1330. The molecule has 0 aliphatic heterocycles. The summed E-state index contributed by atoms with van der Waals surface area (Å²) >= 11 is 0. The van der Waals surface area contributed by atoms with E-state index in [0.717, 1.165) is 24.3 Å². The molecule has 3 rings (SSSR count). The Morgan fingerprint density at radius 3 is 2.11 bits per heavy atom. The summed E-state index contributed by atoms with van der Waals surface area (Å²) in [6, 6.07) is 14.4. The fraction of sp³-hybridized carbons (Fsp3) is 0.200. The molecule has 36 heavy (non-hydrogen) atoms. The second kappa shape index (κ2) is 11.6. The van der Waals surface area contributed by atoms with Crippen LogP contribution in [0.15, 0.2) is 71.6 Å². The molecule has 0 aliphatic rings. The number of benzene rings is 3. The monoisotopic (exact) mass is 516 g/mol. The van der Waals surface area contributed by atoms with Crippen LogP contribution in [0.25, 0.3) is 0 Å². The molecule has 1 amide bonds. The zero-order valence-electron chi connectivity index (χ0n) is 19.8. The van der Waals surface area contributed by atoms with E-state index < -0.39 is 33.8 Å². The number of carbonyl (C=O) groups excluding carboxylic acids is 2. The van der Waals surface area contributed by atoms with Gasteiger partial charge in [-0.25, -0.2) is 17.6 Å². The molecule has 11 heteroatoms. The van der Waals surface area contributed by atoms with Gasteiger partial charge in [-0.2, -0.15) is 4.72 Å². The predicted molar refractivity (Wildman–Crippen MR) is 130 cm³/mol. The van der Waals surface area contributed by atoms with Gasteiger partial charge in [-0.3, -0.25) is 4.79 Å². The van der Waals surface area contributed by atoms with Gasteiger partial charge in [-0.1, -0.05) is 30.3 Å². The molecule has 0 heterocycles. The van der Waals surface area contributed by atoms with Crippen LogP contribution in [-0.4, -0.2) is 47.7 Å². The third kappa shape index (κ3) is 6.37. The molecule has 190 valence electrons. The number of amides is 1. The zero-order valence-corrected chi connectivity index (χ0v) is 20.6. The summed E-state index contributed by atoms with van der Waals surface area (Å²) in [4.78, 5) is 25.5. The Labute approximate surface area is 208 Å². The van der Waals surface area contributed by atoms with Crippen LogP contribution in [0.1, 0.15) is 15.9 Å². The van der Waals surface area contributed by atoms with Crippen LogP contribution in [0.3, 0.4) is 0 Å². The third-order valence-electron chi connectivity index (χ3n) is 5.21. The molecule has 3 aromatic carbocycles. The smallest absolute Gasteiger partial charge is 0.340 e. The van der Waals surface area contributed by atoms with E-state index in [9.17, 15) is 22.4 Å². The number of nitrogens with one attached hydrogen (secondary N) is 2. The van der Waals surface area contributed by atoms with Crippen LogP contribution in [0.4, 0.5) is 10.1 Å². The number of methoxy groups -OCH3 is 3. The highest BCUT2D eigenvalue weighted by atomic mass is 32.2. The van der Waals surface area contributed by atoms with E-state index in [4.69, 9.17) is 14.2 Å². The summed E-state index contributed by atoms with van der Waals surface area (Å²) in [5, 5.41) is 2.59. The fourth-order valence-electron chi connectivity index (χ4n) is 3.39. The first-order valence-electron chi connectivity index (χ1n) is 10.7. The summed E-state index contributed by atoms with van der Waals surface area (Å²) < 4.78 is 56.9. The van der Waals surface area contributed by atoms with Crippen molar-refractivity contribution in [2.75, 3.05) is 26.6 Å². The molecule has 0 spiro atoms. The third-order valence-corrected chi connectivity index (χ3v) is 6.69. The number of hydrogen-bond donors (Lipinski definition) is 2. The van der Waals surface area contributed by atoms with Gasteiger partial charge in [-0.15, -0.1) is 0 Å². The second-order valence-corrected chi connectivity index (χ2v) is 9.27. The maximum atomic E-state index is 13.4. The molecule has 1 atom stereocenters. The molecule has 0 saturated carbocycles. The minimum absolute atomic E-state index is 0.00601. The van der Waals surface area contributed by atoms with E-state index >= 15 is 0 Å². The highest BCUT2D eigenvalue weighted by Gasteiger charge is 2.28. The average molecular weight is 517 g/mol. The van der Waals surface area contributed by atoms with E-state index in [1.807, 2.05) is 0 Å². The van der Waals surface area contributed by atoms with Crippen molar-refractivity contribution >= 4 is 27.6 Å². The number of rotatable bonds is 10. The summed E-state index contributed by atoms with van der Waals surface area (Å²) in [5.74, 6) is -1.64. The topological polar surface area (TPSA) is 120 Å². The van der Waals surface area contributed by atoms with Crippen LogP contribution < -0.4 is 19.5 Å². The quantitative estimate of drug-likeness (QED) is 0.397. The van der Waals surface area contributed by atoms with E-state index in [1.165, 1.54) is 33.5 Å². The number of anilines is 1. The molecule has 2 N–H and O–H groups in total. The normalized spacial score (nSPS) is 11.9. The minimum atomic E-state index is -4.20. The van der Waals surface area contributed by atoms with Crippen molar-refractivity contribution in [3.05, 3.63) is 83.7 Å². The molecule has 0 bridgehead atoms. The number of halogens is 1. The lowest BCUT2D eigenvalue weighted by Crippen LogP contribution is -2.45. The summed E-state index contributed by atoms with van der Waals surface area (Å²) in [6.45, 7) is 0. The van der Waals surface area contributed by atoms with Gasteiger partial charge in [0.15, 0.2) is 11.5 Å². The van der Waals surface area contributed by atoms with Gasteiger partial charge in [0.2, 0.25) is 15.9 Å². The van der Waals surface area contributed by atoms with Gasteiger partial charge < -0.3 is 19.5 Å². The Kier molecular flexibility index (Phi) is 8.62. The maximum Gasteiger partial charge on any atom is 0.340 e. The Morgan fingerprint density at radius 1 is 0.917 bits per heavy atom. The lowest BCUT2D eigenvalue weighted by Gasteiger charge is -2.20. The number of carbonyl (C=O) groups is 2. The van der Waals surface area contributed by atoms with Crippen LogP contribution in [0, 0.1) is 5.82 Å². The first kappa shape index (κ1) is 26.6. The number of esters is 1. The number of sulfonamides is 1. The lowest BCUT2D eigenvalue weighted by atomic mass is 10.1. The van der Waals surface area contributed by atoms with Crippen molar-refractivity contribution in [2.45, 2.75) is 17.4 Å². The molecule has 9 nitrogen and oxygen atoms in total. The van der Waals surface area contributed by atoms with Crippen LogP contribution in [0.5, 0.6) is 11.5 Å². The van der Waals surface area contributed by atoms with Crippen LogP contribution in [-0.2, 0) is 26.0 Å². The highest BCUT2D eigenvalue weighted by molar-refractivity contribution is 7.89. The first-order chi connectivity index (χ1) is 17.2. The summed E-state index contributed by atoms with van der Waals surface area (Å²) in [6.07, 6.45) is -0.00601. The molecule has 0 fully saturated rings. The number of hydrogen-bond acceptors (Lipinski definition) is 7. The van der Waals surface area contributed by atoms with E-state index in [-0.39, 0.29) is 34.1 Å². The Hall–Kier alpha value is -3.96. The van der Waals surface area contributed by atoms with Crippen molar-refractivity contribution in [3.8, 4) is 11.5 Å². The molecular formula is C25H25FN2O7S. The molecular weight excluding hydrogens is 491 g/mol. The van der Waals surface area contributed by atoms with Crippen molar-refractivity contribution < 1.29 is 36.6 Å². The molecule has 0 radical (unpaired) electrons.